The minimum atomic E-state index is 0.125. The molecule has 0 saturated carbocycles. The Morgan fingerprint density at radius 3 is 2.53 bits per heavy atom. The highest BCUT2D eigenvalue weighted by atomic mass is 16.5. The summed E-state index contributed by atoms with van der Waals surface area (Å²) in [6.45, 7) is 11.3. The highest BCUT2D eigenvalue weighted by Crippen LogP contribution is 2.12. The van der Waals surface area contributed by atoms with Crippen LogP contribution in [0.1, 0.15) is 26.7 Å². The summed E-state index contributed by atoms with van der Waals surface area (Å²) in [5, 5.41) is 7.49. The Labute approximate surface area is 115 Å². The summed E-state index contributed by atoms with van der Waals surface area (Å²) < 4.78 is 5.30. The van der Waals surface area contributed by atoms with Crippen molar-refractivity contribution in [3.63, 3.8) is 0 Å². The summed E-state index contributed by atoms with van der Waals surface area (Å²) in [5.74, 6) is 1.45. The third-order valence-corrected chi connectivity index (χ3v) is 3.24. The molecule has 2 rings (SSSR count). The fourth-order valence-corrected chi connectivity index (χ4v) is 2.03. The van der Waals surface area contributed by atoms with Gasteiger partial charge in [-0.2, -0.15) is 4.98 Å². The monoisotopic (exact) mass is 267 g/mol. The van der Waals surface area contributed by atoms with Gasteiger partial charge < -0.3 is 19.6 Å². The zero-order chi connectivity index (χ0) is 13.9. The minimum absolute atomic E-state index is 0.125. The first-order valence-electron chi connectivity index (χ1n) is 6.95. The van der Waals surface area contributed by atoms with Crippen molar-refractivity contribution in [1.29, 1.82) is 0 Å². The van der Waals surface area contributed by atoms with E-state index in [-0.39, 0.29) is 5.54 Å². The SMILES string of the molecule is CN1CCN(c2noc(CCNC(C)(C)C)n2)CC1. The van der Waals surface area contributed by atoms with Crippen molar-refractivity contribution in [2.75, 3.05) is 44.7 Å². The van der Waals surface area contributed by atoms with Gasteiger partial charge >= 0.3 is 0 Å². The zero-order valence-electron chi connectivity index (χ0n) is 12.4. The lowest BCUT2D eigenvalue weighted by Crippen LogP contribution is -2.44. The predicted molar refractivity (Wildman–Crippen MR) is 75.5 cm³/mol. The van der Waals surface area contributed by atoms with Crippen LogP contribution in [-0.2, 0) is 6.42 Å². The Morgan fingerprint density at radius 2 is 1.89 bits per heavy atom. The van der Waals surface area contributed by atoms with E-state index in [2.05, 4.69) is 53.1 Å². The highest BCUT2D eigenvalue weighted by molar-refractivity contribution is 5.28. The normalized spacial score (nSPS) is 18.0. The number of nitrogens with one attached hydrogen (secondary N) is 1. The first kappa shape index (κ1) is 14.3. The van der Waals surface area contributed by atoms with Crippen LogP contribution < -0.4 is 10.2 Å². The summed E-state index contributed by atoms with van der Waals surface area (Å²) >= 11 is 0. The van der Waals surface area contributed by atoms with Gasteiger partial charge in [0.05, 0.1) is 0 Å². The molecule has 0 aliphatic carbocycles. The van der Waals surface area contributed by atoms with Crippen molar-refractivity contribution in [2.24, 2.45) is 0 Å². The average molecular weight is 267 g/mol. The van der Waals surface area contributed by atoms with E-state index in [4.69, 9.17) is 4.52 Å². The summed E-state index contributed by atoms with van der Waals surface area (Å²) in [5.41, 5.74) is 0.125. The smallest absolute Gasteiger partial charge is 0.266 e. The van der Waals surface area contributed by atoms with Crippen LogP contribution in [-0.4, -0.2) is 60.4 Å². The van der Waals surface area contributed by atoms with Crippen molar-refractivity contribution in [2.45, 2.75) is 32.7 Å². The molecule has 0 unspecified atom stereocenters. The van der Waals surface area contributed by atoms with Gasteiger partial charge in [-0.25, -0.2) is 0 Å². The van der Waals surface area contributed by atoms with Gasteiger partial charge in [-0.1, -0.05) is 0 Å². The van der Waals surface area contributed by atoms with Crippen LogP contribution in [0, 0.1) is 0 Å². The lowest BCUT2D eigenvalue weighted by atomic mass is 10.1. The van der Waals surface area contributed by atoms with E-state index in [9.17, 15) is 0 Å². The second-order valence-electron chi connectivity index (χ2n) is 6.21. The number of rotatable bonds is 4. The Kier molecular flexibility index (Phi) is 4.42. The maximum absolute atomic E-state index is 5.30. The summed E-state index contributed by atoms with van der Waals surface area (Å²) in [4.78, 5) is 8.96. The molecule has 0 radical (unpaired) electrons. The van der Waals surface area contributed by atoms with E-state index in [0.717, 1.165) is 45.1 Å². The number of hydrogen-bond acceptors (Lipinski definition) is 6. The zero-order valence-corrected chi connectivity index (χ0v) is 12.4. The van der Waals surface area contributed by atoms with Crippen LogP contribution in [0.4, 0.5) is 5.95 Å². The molecule has 1 aliphatic heterocycles. The third-order valence-electron chi connectivity index (χ3n) is 3.24. The Hall–Kier alpha value is -1.14. The van der Waals surface area contributed by atoms with Gasteiger partial charge in [0.25, 0.3) is 5.95 Å². The van der Waals surface area contributed by atoms with Crippen molar-refractivity contribution in [3.8, 4) is 0 Å². The van der Waals surface area contributed by atoms with Crippen LogP contribution in [0.5, 0.6) is 0 Å². The van der Waals surface area contributed by atoms with E-state index in [0.29, 0.717) is 5.89 Å². The van der Waals surface area contributed by atoms with Crippen LogP contribution >= 0.6 is 0 Å². The van der Waals surface area contributed by atoms with Gasteiger partial charge in [-0.3, -0.25) is 0 Å². The van der Waals surface area contributed by atoms with E-state index < -0.39 is 0 Å². The number of anilines is 1. The van der Waals surface area contributed by atoms with Gasteiger partial charge in [0, 0.05) is 44.7 Å². The van der Waals surface area contributed by atoms with Crippen molar-refractivity contribution < 1.29 is 4.52 Å². The molecule has 1 N–H and O–H groups in total. The summed E-state index contributed by atoms with van der Waals surface area (Å²) in [6, 6.07) is 0. The average Bonchev–Trinajstić information content (AvgIpc) is 2.77. The van der Waals surface area contributed by atoms with Crippen LogP contribution in [0.25, 0.3) is 0 Å². The molecule has 108 valence electrons. The Bertz CT molecular complexity index is 390. The molecular formula is C13H25N5O. The summed E-state index contributed by atoms with van der Waals surface area (Å²) in [6.07, 6.45) is 0.776. The molecule has 6 heteroatoms. The molecule has 2 heterocycles. The van der Waals surface area contributed by atoms with Crippen LogP contribution in [0.2, 0.25) is 0 Å². The Balaban J connectivity index is 1.82. The van der Waals surface area contributed by atoms with E-state index in [1.165, 1.54) is 0 Å². The quantitative estimate of drug-likeness (QED) is 0.869. The number of hydrogen-bond donors (Lipinski definition) is 1. The maximum Gasteiger partial charge on any atom is 0.266 e. The third kappa shape index (κ3) is 4.47. The molecule has 1 saturated heterocycles. The fourth-order valence-electron chi connectivity index (χ4n) is 2.03. The second-order valence-corrected chi connectivity index (χ2v) is 6.21. The van der Waals surface area contributed by atoms with E-state index in [1.54, 1.807) is 0 Å². The molecule has 19 heavy (non-hydrogen) atoms. The Morgan fingerprint density at radius 1 is 1.21 bits per heavy atom. The highest BCUT2D eigenvalue weighted by Gasteiger charge is 2.19. The van der Waals surface area contributed by atoms with Crippen molar-refractivity contribution in [3.05, 3.63) is 5.89 Å². The molecule has 1 fully saturated rings. The fraction of sp³-hybridized carbons (Fsp3) is 0.846. The molecule has 1 aromatic rings. The number of nitrogens with zero attached hydrogens (tertiary/aromatic N) is 4. The van der Waals surface area contributed by atoms with Gasteiger partial charge in [-0.15, -0.1) is 0 Å². The van der Waals surface area contributed by atoms with E-state index >= 15 is 0 Å². The molecule has 6 nitrogen and oxygen atoms in total. The van der Waals surface area contributed by atoms with Crippen LogP contribution in [0.15, 0.2) is 4.52 Å². The largest absolute Gasteiger partial charge is 0.337 e. The number of aromatic nitrogens is 2. The van der Waals surface area contributed by atoms with E-state index in [1.807, 2.05) is 0 Å². The number of piperazine rings is 1. The van der Waals surface area contributed by atoms with Gasteiger partial charge in [0.2, 0.25) is 5.89 Å². The first-order valence-corrected chi connectivity index (χ1v) is 6.95. The molecule has 0 bridgehead atoms. The summed E-state index contributed by atoms with van der Waals surface area (Å²) in [7, 11) is 2.14. The van der Waals surface area contributed by atoms with Crippen LogP contribution in [0.3, 0.4) is 0 Å². The standard InChI is InChI=1S/C13H25N5O/c1-13(2,3)14-6-5-11-15-12(16-19-11)18-9-7-17(4)8-10-18/h14H,5-10H2,1-4H3. The van der Waals surface area contributed by atoms with Gasteiger partial charge in [0.1, 0.15) is 0 Å². The molecular weight excluding hydrogens is 242 g/mol. The molecule has 0 amide bonds. The molecule has 0 aromatic carbocycles. The molecule has 1 aliphatic rings. The molecule has 0 spiro atoms. The van der Waals surface area contributed by atoms with Gasteiger partial charge in [-0.05, 0) is 33.0 Å². The lowest BCUT2D eigenvalue weighted by Gasteiger charge is -2.31. The lowest BCUT2D eigenvalue weighted by molar-refractivity contribution is 0.308. The van der Waals surface area contributed by atoms with Gasteiger partial charge in [0.15, 0.2) is 0 Å². The minimum Gasteiger partial charge on any atom is -0.337 e. The predicted octanol–water partition coefficient (Wildman–Crippen LogP) is 0.752. The topological polar surface area (TPSA) is 57.4 Å². The molecule has 0 atom stereocenters. The second kappa shape index (κ2) is 5.88. The van der Waals surface area contributed by atoms with Crippen molar-refractivity contribution >= 4 is 5.95 Å². The number of likely N-dealkylation sites (N-methyl/N-ethyl adjacent to an activating group) is 1. The van der Waals surface area contributed by atoms with Crippen molar-refractivity contribution in [1.82, 2.24) is 20.4 Å². The molecule has 1 aromatic heterocycles. The first-order chi connectivity index (χ1) is 8.94. The maximum atomic E-state index is 5.30.